The minimum atomic E-state index is -0.892. The summed E-state index contributed by atoms with van der Waals surface area (Å²) < 4.78 is 52.4. The second kappa shape index (κ2) is 9.94. The van der Waals surface area contributed by atoms with Crippen molar-refractivity contribution >= 4 is 16.7 Å². The molecule has 4 atom stereocenters. The fourth-order valence-electron chi connectivity index (χ4n) is 8.02. The average molecular weight is 581 g/mol. The molecular formula is C31H35F3N6O2. The van der Waals surface area contributed by atoms with E-state index < -0.39 is 23.3 Å². The lowest BCUT2D eigenvalue weighted by Gasteiger charge is -2.46. The maximum absolute atomic E-state index is 16.6. The molecule has 1 aliphatic carbocycles. The summed E-state index contributed by atoms with van der Waals surface area (Å²) in [4.78, 5) is 18.2. The topological polar surface area (TPSA) is 86.6 Å². The van der Waals surface area contributed by atoms with Crippen LogP contribution < -0.4 is 15.0 Å². The van der Waals surface area contributed by atoms with Crippen LogP contribution in [0.25, 0.3) is 22.2 Å². The SMILES string of the molecule is Oc1cc(F)c(C2CCC2)c(-c2ncc3c(N4CC5CCC4CN5)nc(OC[C@]45CCCN4C[C@@H](F)C5)nc3c2F)c1. The summed E-state index contributed by atoms with van der Waals surface area (Å²) in [5, 5.41) is 14.3. The maximum Gasteiger partial charge on any atom is 0.319 e. The molecule has 0 amide bonds. The number of piperazine rings is 1. The molecule has 1 aromatic carbocycles. The minimum Gasteiger partial charge on any atom is -0.508 e. The van der Waals surface area contributed by atoms with Crippen LogP contribution in [0.4, 0.5) is 19.0 Å². The van der Waals surface area contributed by atoms with E-state index in [-0.39, 0.29) is 47.1 Å². The maximum atomic E-state index is 16.6. The van der Waals surface area contributed by atoms with Crippen molar-refractivity contribution in [2.45, 2.75) is 81.1 Å². The molecule has 9 rings (SSSR count). The molecule has 3 aromatic rings. The van der Waals surface area contributed by atoms with E-state index in [0.717, 1.165) is 70.6 Å². The number of rotatable bonds is 6. The van der Waals surface area contributed by atoms with E-state index in [2.05, 4.69) is 25.1 Å². The van der Waals surface area contributed by atoms with E-state index in [1.807, 2.05) is 0 Å². The van der Waals surface area contributed by atoms with Gasteiger partial charge in [0.15, 0.2) is 5.82 Å². The highest BCUT2D eigenvalue weighted by Gasteiger charge is 2.49. The number of alkyl halides is 1. The number of nitrogens with one attached hydrogen (secondary N) is 1. The van der Waals surface area contributed by atoms with E-state index in [9.17, 15) is 9.50 Å². The molecule has 2 unspecified atom stereocenters. The zero-order chi connectivity index (χ0) is 28.6. The number of fused-ring (bicyclic) bond motifs is 5. The number of halogens is 3. The first-order valence-corrected chi connectivity index (χ1v) is 15.3. The zero-order valence-corrected chi connectivity index (χ0v) is 23.5. The van der Waals surface area contributed by atoms with E-state index in [4.69, 9.17) is 9.72 Å². The summed E-state index contributed by atoms with van der Waals surface area (Å²) in [5.41, 5.74) is 0.241. The van der Waals surface area contributed by atoms with E-state index in [1.165, 1.54) is 6.07 Å². The summed E-state index contributed by atoms with van der Waals surface area (Å²) in [7, 11) is 0. The number of ether oxygens (including phenoxy) is 1. The van der Waals surface area contributed by atoms with Crippen molar-refractivity contribution in [1.29, 1.82) is 0 Å². The Kier molecular flexibility index (Phi) is 6.26. The third-order valence-electron chi connectivity index (χ3n) is 10.4. The third kappa shape index (κ3) is 4.22. The molecule has 11 heteroatoms. The van der Waals surface area contributed by atoms with Gasteiger partial charge in [0.25, 0.3) is 0 Å². The highest BCUT2D eigenvalue weighted by molar-refractivity contribution is 5.92. The molecule has 0 spiro atoms. The van der Waals surface area contributed by atoms with Gasteiger partial charge in [0.05, 0.1) is 10.9 Å². The number of piperidine rings is 2. The second-order valence-electron chi connectivity index (χ2n) is 12.9. The number of hydrogen-bond acceptors (Lipinski definition) is 8. The Hall–Kier alpha value is -3.18. The van der Waals surface area contributed by atoms with Crippen molar-refractivity contribution in [3.63, 3.8) is 0 Å². The minimum absolute atomic E-state index is 0.0479. The molecule has 5 saturated heterocycles. The summed E-state index contributed by atoms with van der Waals surface area (Å²) in [5.74, 6) is -1.01. The Morgan fingerprint density at radius 2 is 1.98 bits per heavy atom. The molecule has 42 heavy (non-hydrogen) atoms. The summed E-state index contributed by atoms with van der Waals surface area (Å²) in [6, 6.07) is 3.03. The number of aromatic hydroxyl groups is 1. The predicted molar refractivity (Wildman–Crippen MR) is 152 cm³/mol. The number of anilines is 1. The van der Waals surface area contributed by atoms with Crippen molar-refractivity contribution in [3.8, 4) is 23.0 Å². The van der Waals surface area contributed by atoms with Crippen molar-refractivity contribution in [3.05, 3.63) is 35.5 Å². The number of hydrogen-bond donors (Lipinski definition) is 2. The van der Waals surface area contributed by atoms with Crippen LogP contribution >= 0.6 is 0 Å². The number of nitrogens with zero attached hydrogens (tertiary/aromatic N) is 5. The molecule has 7 heterocycles. The Labute approximate surface area is 242 Å². The summed E-state index contributed by atoms with van der Waals surface area (Å²) >= 11 is 0. The van der Waals surface area contributed by atoms with Gasteiger partial charge in [-0.1, -0.05) is 6.42 Å². The molecule has 1 saturated carbocycles. The first kappa shape index (κ1) is 26.4. The summed E-state index contributed by atoms with van der Waals surface area (Å²) in [6.45, 7) is 3.01. The molecule has 2 aromatic heterocycles. The number of benzene rings is 1. The van der Waals surface area contributed by atoms with Crippen molar-refractivity contribution in [2.75, 3.05) is 37.7 Å². The van der Waals surface area contributed by atoms with Gasteiger partial charge in [-0.05, 0) is 57.1 Å². The van der Waals surface area contributed by atoms with E-state index >= 15 is 8.78 Å². The Morgan fingerprint density at radius 1 is 1.10 bits per heavy atom. The lowest BCUT2D eigenvalue weighted by molar-refractivity contribution is 0.107. The number of phenols is 1. The molecule has 5 aliphatic heterocycles. The Balaban J connectivity index is 1.24. The van der Waals surface area contributed by atoms with Gasteiger partial charge in [0.2, 0.25) is 0 Å². The van der Waals surface area contributed by atoms with Crippen molar-refractivity contribution < 1.29 is 23.0 Å². The first-order valence-electron chi connectivity index (χ1n) is 15.3. The zero-order valence-electron chi connectivity index (χ0n) is 23.5. The monoisotopic (exact) mass is 580 g/mol. The van der Waals surface area contributed by atoms with Gasteiger partial charge in [-0.3, -0.25) is 9.88 Å². The standard InChI is InChI=1S/C31H35F3N6O2/c32-18-11-31(7-2-8-39(31)14-18)16-42-30-37-28-23(29(38-30)40-15-19-5-6-20(40)12-35-19)13-36-27(26(28)34)22-9-21(41)10-24(33)25(22)17-3-1-4-17/h9-10,13,17-20,35,41H,1-8,11-12,14-16H2/t18-,19?,20?,31+/m0/s1. The fourth-order valence-corrected chi connectivity index (χ4v) is 8.02. The van der Waals surface area contributed by atoms with Gasteiger partial charge in [0.1, 0.15) is 41.4 Å². The van der Waals surface area contributed by atoms with E-state index in [0.29, 0.717) is 35.8 Å². The molecule has 6 fully saturated rings. The van der Waals surface area contributed by atoms with Gasteiger partial charge < -0.3 is 20.1 Å². The molecular weight excluding hydrogens is 545 g/mol. The largest absolute Gasteiger partial charge is 0.508 e. The summed E-state index contributed by atoms with van der Waals surface area (Å²) in [6.07, 6.45) is 7.55. The van der Waals surface area contributed by atoms with Gasteiger partial charge in [0, 0.05) is 61.5 Å². The Morgan fingerprint density at radius 3 is 2.71 bits per heavy atom. The quantitative estimate of drug-likeness (QED) is 0.429. The van der Waals surface area contributed by atoms with Crippen molar-refractivity contribution in [2.24, 2.45) is 0 Å². The molecule has 222 valence electrons. The van der Waals surface area contributed by atoms with Gasteiger partial charge in [-0.2, -0.15) is 9.97 Å². The van der Waals surface area contributed by atoms with Crippen LogP contribution in [0.2, 0.25) is 0 Å². The van der Waals surface area contributed by atoms with Crippen LogP contribution in [-0.4, -0.2) is 81.5 Å². The number of pyridine rings is 1. The molecule has 2 N–H and O–H groups in total. The normalized spacial score (nSPS) is 29.3. The van der Waals surface area contributed by atoms with Crippen LogP contribution in [0, 0.1) is 11.6 Å². The fraction of sp³-hybridized carbons (Fsp3) is 0.581. The predicted octanol–water partition coefficient (Wildman–Crippen LogP) is 4.84. The smallest absolute Gasteiger partial charge is 0.319 e. The third-order valence-corrected chi connectivity index (χ3v) is 10.4. The highest BCUT2D eigenvalue weighted by atomic mass is 19.1. The molecule has 0 radical (unpaired) electrons. The van der Waals surface area contributed by atoms with Crippen LogP contribution in [-0.2, 0) is 0 Å². The van der Waals surface area contributed by atoms with Crippen LogP contribution in [0.5, 0.6) is 11.8 Å². The number of aromatic nitrogens is 3. The molecule has 6 aliphatic rings. The lowest BCUT2D eigenvalue weighted by Crippen LogP contribution is -2.61. The van der Waals surface area contributed by atoms with Gasteiger partial charge in [-0.25, -0.2) is 13.2 Å². The second-order valence-corrected chi connectivity index (χ2v) is 12.9. The van der Waals surface area contributed by atoms with Crippen LogP contribution in [0.3, 0.4) is 0 Å². The van der Waals surface area contributed by atoms with Gasteiger partial charge in [-0.15, -0.1) is 0 Å². The lowest BCUT2D eigenvalue weighted by atomic mass is 9.77. The van der Waals surface area contributed by atoms with E-state index in [1.54, 1.807) is 6.20 Å². The average Bonchev–Trinajstić information content (AvgIpc) is 3.48. The number of phenolic OH excluding ortho intramolecular Hbond substituents is 1. The van der Waals surface area contributed by atoms with Gasteiger partial charge >= 0.3 is 6.01 Å². The van der Waals surface area contributed by atoms with Crippen LogP contribution in [0.15, 0.2) is 18.3 Å². The van der Waals surface area contributed by atoms with Crippen molar-refractivity contribution in [1.82, 2.24) is 25.2 Å². The first-order chi connectivity index (χ1) is 20.4. The highest BCUT2D eigenvalue weighted by Crippen LogP contribution is 2.45. The van der Waals surface area contributed by atoms with Crippen LogP contribution in [0.1, 0.15) is 62.8 Å². The molecule has 2 bridgehead atoms. The molecule has 8 nitrogen and oxygen atoms in total. The Bertz CT molecular complexity index is 1550.